The standard InChI is InChI=1S/C11H7ClIN3O2/c12-6-1-2-8(7(13)3-6)16-10-5-14-9(4-15-10)11(17)18/h1-5H,(H,15,16)(H,17,18). The fourth-order valence-corrected chi connectivity index (χ4v) is 2.24. The molecule has 0 spiro atoms. The number of nitrogens with one attached hydrogen (secondary N) is 1. The summed E-state index contributed by atoms with van der Waals surface area (Å²) in [6, 6.07) is 5.38. The van der Waals surface area contributed by atoms with Crippen molar-refractivity contribution in [2.45, 2.75) is 0 Å². The van der Waals surface area contributed by atoms with Gasteiger partial charge in [0.2, 0.25) is 0 Å². The van der Waals surface area contributed by atoms with Crippen molar-refractivity contribution < 1.29 is 9.90 Å². The maximum absolute atomic E-state index is 10.6. The molecular formula is C11H7ClIN3O2. The van der Waals surface area contributed by atoms with E-state index in [0.29, 0.717) is 10.8 Å². The monoisotopic (exact) mass is 375 g/mol. The third-order valence-corrected chi connectivity index (χ3v) is 3.19. The molecule has 5 nitrogen and oxygen atoms in total. The summed E-state index contributed by atoms with van der Waals surface area (Å²) < 4.78 is 0.934. The second-order valence-electron chi connectivity index (χ2n) is 3.34. The lowest BCUT2D eigenvalue weighted by Crippen LogP contribution is -2.03. The van der Waals surface area contributed by atoms with E-state index in [9.17, 15) is 4.79 Å². The fraction of sp³-hybridized carbons (Fsp3) is 0. The Bertz CT molecular complexity index is 589. The first-order chi connectivity index (χ1) is 8.56. The number of carbonyl (C=O) groups is 1. The van der Waals surface area contributed by atoms with Crippen molar-refractivity contribution in [2.24, 2.45) is 0 Å². The van der Waals surface area contributed by atoms with Gasteiger partial charge in [-0.25, -0.2) is 14.8 Å². The number of aromatic nitrogens is 2. The molecule has 2 rings (SSSR count). The molecule has 0 unspecified atom stereocenters. The molecule has 0 saturated carbocycles. The zero-order chi connectivity index (χ0) is 13.1. The lowest BCUT2D eigenvalue weighted by atomic mass is 10.3. The molecular weight excluding hydrogens is 368 g/mol. The molecule has 92 valence electrons. The van der Waals surface area contributed by atoms with E-state index in [1.807, 2.05) is 12.1 Å². The molecule has 0 amide bonds. The minimum Gasteiger partial charge on any atom is -0.476 e. The number of rotatable bonds is 3. The molecule has 0 bridgehead atoms. The minimum atomic E-state index is -1.10. The second-order valence-corrected chi connectivity index (χ2v) is 4.94. The topological polar surface area (TPSA) is 75.1 Å². The molecule has 2 aromatic rings. The molecule has 1 heterocycles. The molecule has 18 heavy (non-hydrogen) atoms. The highest BCUT2D eigenvalue weighted by Crippen LogP contribution is 2.24. The lowest BCUT2D eigenvalue weighted by Gasteiger charge is -2.07. The highest BCUT2D eigenvalue weighted by Gasteiger charge is 2.06. The van der Waals surface area contributed by atoms with E-state index in [-0.39, 0.29) is 5.69 Å². The SMILES string of the molecule is O=C(O)c1cnc(Nc2ccc(Cl)cc2I)cn1. The van der Waals surface area contributed by atoms with Crippen molar-refractivity contribution in [3.05, 3.63) is 44.9 Å². The van der Waals surface area contributed by atoms with Crippen LogP contribution in [0.2, 0.25) is 5.02 Å². The smallest absolute Gasteiger partial charge is 0.356 e. The summed E-state index contributed by atoms with van der Waals surface area (Å²) in [6.45, 7) is 0. The van der Waals surface area contributed by atoms with Gasteiger partial charge in [-0.1, -0.05) is 11.6 Å². The van der Waals surface area contributed by atoms with Crippen molar-refractivity contribution in [3.63, 3.8) is 0 Å². The number of benzene rings is 1. The normalized spacial score (nSPS) is 10.1. The molecule has 0 fully saturated rings. The zero-order valence-corrected chi connectivity index (χ0v) is 11.8. The van der Waals surface area contributed by atoms with Crippen LogP contribution in [-0.2, 0) is 0 Å². The van der Waals surface area contributed by atoms with Crippen molar-refractivity contribution >= 4 is 51.7 Å². The predicted octanol–water partition coefficient (Wildman–Crippen LogP) is 3.18. The van der Waals surface area contributed by atoms with Crippen LogP contribution in [0.15, 0.2) is 30.6 Å². The van der Waals surface area contributed by atoms with E-state index in [0.717, 1.165) is 9.26 Å². The van der Waals surface area contributed by atoms with Crippen LogP contribution < -0.4 is 5.32 Å². The molecule has 0 aliphatic heterocycles. The number of aromatic carboxylic acids is 1. The summed E-state index contributed by atoms with van der Waals surface area (Å²) in [4.78, 5) is 18.4. The lowest BCUT2D eigenvalue weighted by molar-refractivity contribution is 0.0690. The van der Waals surface area contributed by atoms with E-state index in [1.54, 1.807) is 6.07 Å². The van der Waals surface area contributed by atoms with Crippen molar-refractivity contribution in [3.8, 4) is 0 Å². The first-order valence-corrected chi connectivity index (χ1v) is 6.29. The number of carboxylic acid groups (broad SMARTS) is 1. The highest BCUT2D eigenvalue weighted by molar-refractivity contribution is 14.1. The van der Waals surface area contributed by atoms with Gasteiger partial charge >= 0.3 is 5.97 Å². The number of hydrogen-bond acceptors (Lipinski definition) is 4. The van der Waals surface area contributed by atoms with Gasteiger partial charge < -0.3 is 10.4 Å². The van der Waals surface area contributed by atoms with Gasteiger partial charge in [0.15, 0.2) is 5.69 Å². The van der Waals surface area contributed by atoms with E-state index in [4.69, 9.17) is 16.7 Å². The van der Waals surface area contributed by atoms with E-state index in [2.05, 4.69) is 37.9 Å². The Morgan fingerprint density at radius 3 is 2.67 bits per heavy atom. The molecule has 0 saturated heterocycles. The summed E-state index contributed by atoms with van der Waals surface area (Å²) >= 11 is 7.99. The van der Waals surface area contributed by atoms with Crippen molar-refractivity contribution in [2.75, 3.05) is 5.32 Å². The van der Waals surface area contributed by atoms with Gasteiger partial charge in [0.05, 0.1) is 18.1 Å². The molecule has 0 aliphatic carbocycles. The molecule has 7 heteroatoms. The maximum Gasteiger partial charge on any atom is 0.356 e. The fourth-order valence-electron chi connectivity index (χ4n) is 1.23. The highest BCUT2D eigenvalue weighted by atomic mass is 127. The molecule has 1 aromatic heterocycles. The van der Waals surface area contributed by atoms with Crippen LogP contribution in [0.1, 0.15) is 10.5 Å². The van der Waals surface area contributed by atoms with Gasteiger partial charge in [0.1, 0.15) is 5.82 Å². The Morgan fingerprint density at radius 2 is 2.11 bits per heavy atom. The number of carboxylic acids is 1. The number of hydrogen-bond donors (Lipinski definition) is 2. The first-order valence-electron chi connectivity index (χ1n) is 4.83. The predicted molar refractivity (Wildman–Crippen MR) is 76.4 cm³/mol. The Hall–Kier alpha value is -1.41. The Balaban J connectivity index is 2.21. The molecule has 2 N–H and O–H groups in total. The van der Waals surface area contributed by atoms with Crippen LogP contribution >= 0.6 is 34.2 Å². The second kappa shape index (κ2) is 5.49. The number of anilines is 2. The van der Waals surface area contributed by atoms with Crippen LogP contribution in [0.25, 0.3) is 0 Å². The quantitative estimate of drug-likeness (QED) is 0.806. The van der Waals surface area contributed by atoms with Gasteiger partial charge in [0, 0.05) is 8.59 Å². The summed E-state index contributed by atoms with van der Waals surface area (Å²) in [6.07, 6.45) is 2.57. The maximum atomic E-state index is 10.6. The Labute approximate surface area is 121 Å². The van der Waals surface area contributed by atoms with Crippen LogP contribution in [0.4, 0.5) is 11.5 Å². The van der Waals surface area contributed by atoms with E-state index in [1.165, 1.54) is 12.4 Å². The third-order valence-electron chi connectivity index (χ3n) is 2.06. The average Bonchev–Trinajstić information content (AvgIpc) is 2.33. The molecule has 0 atom stereocenters. The minimum absolute atomic E-state index is 0.0913. The molecule has 1 aromatic carbocycles. The third kappa shape index (κ3) is 3.08. The number of nitrogens with zero attached hydrogens (tertiary/aromatic N) is 2. The van der Waals surface area contributed by atoms with Crippen LogP contribution in [0.3, 0.4) is 0 Å². The van der Waals surface area contributed by atoms with E-state index >= 15 is 0 Å². The number of halogens is 2. The summed E-state index contributed by atoms with van der Waals surface area (Å²) in [7, 11) is 0. The summed E-state index contributed by atoms with van der Waals surface area (Å²) in [5, 5.41) is 12.4. The molecule has 0 aliphatic rings. The van der Waals surface area contributed by atoms with E-state index < -0.39 is 5.97 Å². The van der Waals surface area contributed by atoms with Crippen molar-refractivity contribution in [1.29, 1.82) is 0 Å². The molecule has 0 radical (unpaired) electrons. The first kappa shape index (κ1) is 13.0. The average molecular weight is 376 g/mol. The van der Waals surface area contributed by atoms with Gasteiger partial charge in [-0.2, -0.15) is 0 Å². The van der Waals surface area contributed by atoms with Crippen LogP contribution in [0.5, 0.6) is 0 Å². The Kier molecular flexibility index (Phi) is 3.97. The summed E-state index contributed by atoms with van der Waals surface area (Å²) in [5.41, 5.74) is 0.740. The zero-order valence-electron chi connectivity index (χ0n) is 8.89. The summed E-state index contributed by atoms with van der Waals surface area (Å²) in [5.74, 6) is -0.629. The van der Waals surface area contributed by atoms with Gasteiger partial charge in [-0.3, -0.25) is 0 Å². The van der Waals surface area contributed by atoms with Crippen LogP contribution in [-0.4, -0.2) is 21.0 Å². The van der Waals surface area contributed by atoms with Crippen LogP contribution in [0, 0.1) is 3.57 Å². The van der Waals surface area contributed by atoms with Gasteiger partial charge in [0.25, 0.3) is 0 Å². The largest absolute Gasteiger partial charge is 0.476 e. The van der Waals surface area contributed by atoms with Gasteiger partial charge in [-0.05, 0) is 40.8 Å². The Morgan fingerprint density at radius 1 is 1.33 bits per heavy atom. The van der Waals surface area contributed by atoms with Gasteiger partial charge in [-0.15, -0.1) is 0 Å². The van der Waals surface area contributed by atoms with Crippen molar-refractivity contribution in [1.82, 2.24) is 9.97 Å².